The Morgan fingerprint density at radius 1 is 1.13 bits per heavy atom. The number of hydrogen-bond acceptors (Lipinski definition) is 6. The molecular weight excluding hydrogens is 425 g/mol. The van der Waals surface area contributed by atoms with Gasteiger partial charge < -0.3 is 15.2 Å². The number of amides is 2. The highest BCUT2D eigenvalue weighted by Crippen LogP contribution is 2.20. The molecule has 30 heavy (non-hydrogen) atoms. The number of aromatic nitrogens is 3. The molecule has 0 bridgehead atoms. The lowest BCUT2D eigenvalue weighted by Crippen LogP contribution is -2.25. The molecule has 1 heterocycles. The lowest BCUT2D eigenvalue weighted by Gasteiger charge is -2.07. The van der Waals surface area contributed by atoms with Crippen LogP contribution in [0, 0.1) is 5.82 Å². The molecule has 0 atom stereocenters. The SMILES string of the molecule is CSc1cccc(NC(=O)CSc2nnc(CNC(=O)c3ccccc3F)n2C)c1. The van der Waals surface area contributed by atoms with Crippen LogP contribution >= 0.6 is 23.5 Å². The van der Waals surface area contributed by atoms with E-state index in [9.17, 15) is 14.0 Å². The first-order valence-corrected chi connectivity index (χ1v) is 11.2. The van der Waals surface area contributed by atoms with Crippen molar-refractivity contribution >= 4 is 41.0 Å². The normalized spacial score (nSPS) is 10.6. The van der Waals surface area contributed by atoms with Crippen LogP contribution in [0.25, 0.3) is 0 Å². The predicted molar refractivity (Wildman–Crippen MR) is 116 cm³/mol. The predicted octanol–water partition coefficient (Wildman–Crippen LogP) is 3.34. The molecular formula is C20H20FN5O2S2. The summed E-state index contributed by atoms with van der Waals surface area (Å²) in [5.41, 5.74) is 0.707. The lowest BCUT2D eigenvalue weighted by molar-refractivity contribution is -0.113. The van der Waals surface area contributed by atoms with E-state index in [0.29, 0.717) is 11.0 Å². The van der Waals surface area contributed by atoms with Crippen LogP contribution in [-0.4, -0.2) is 38.6 Å². The second-order valence-corrected chi connectivity index (χ2v) is 8.01. The molecule has 0 spiro atoms. The van der Waals surface area contributed by atoms with Crippen molar-refractivity contribution in [2.24, 2.45) is 7.05 Å². The number of benzene rings is 2. The van der Waals surface area contributed by atoms with Crippen molar-refractivity contribution in [1.82, 2.24) is 20.1 Å². The molecule has 0 aliphatic heterocycles. The smallest absolute Gasteiger partial charge is 0.254 e. The average molecular weight is 446 g/mol. The van der Waals surface area contributed by atoms with Gasteiger partial charge in [-0.2, -0.15) is 0 Å². The van der Waals surface area contributed by atoms with Gasteiger partial charge in [0, 0.05) is 17.6 Å². The van der Waals surface area contributed by atoms with E-state index in [1.54, 1.807) is 29.4 Å². The van der Waals surface area contributed by atoms with Gasteiger partial charge >= 0.3 is 0 Å². The first-order valence-electron chi connectivity index (χ1n) is 8.95. The van der Waals surface area contributed by atoms with Crippen molar-refractivity contribution in [2.45, 2.75) is 16.6 Å². The van der Waals surface area contributed by atoms with E-state index in [0.717, 1.165) is 10.6 Å². The quantitative estimate of drug-likeness (QED) is 0.517. The molecule has 0 fully saturated rings. The van der Waals surface area contributed by atoms with E-state index >= 15 is 0 Å². The van der Waals surface area contributed by atoms with E-state index in [4.69, 9.17) is 0 Å². The summed E-state index contributed by atoms with van der Waals surface area (Å²) in [4.78, 5) is 25.4. The number of hydrogen-bond donors (Lipinski definition) is 2. The molecule has 1 aromatic heterocycles. The van der Waals surface area contributed by atoms with Gasteiger partial charge in [-0.1, -0.05) is 30.0 Å². The zero-order chi connectivity index (χ0) is 21.5. The van der Waals surface area contributed by atoms with Crippen LogP contribution in [0.4, 0.5) is 10.1 Å². The van der Waals surface area contributed by atoms with E-state index in [2.05, 4.69) is 20.8 Å². The number of anilines is 1. The number of nitrogens with one attached hydrogen (secondary N) is 2. The molecule has 2 N–H and O–H groups in total. The Morgan fingerprint density at radius 2 is 1.93 bits per heavy atom. The minimum absolute atomic E-state index is 0.0310. The monoisotopic (exact) mass is 445 g/mol. The van der Waals surface area contributed by atoms with Crippen LogP contribution in [0.2, 0.25) is 0 Å². The number of rotatable bonds is 8. The maximum atomic E-state index is 13.7. The molecule has 0 aliphatic rings. The summed E-state index contributed by atoms with van der Waals surface area (Å²) in [6.45, 7) is 0.0882. The number of thioether (sulfide) groups is 2. The highest BCUT2D eigenvalue weighted by Gasteiger charge is 2.15. The first-order chi connectivity index (χ1) is 14.5. The molecule has 0 radical (unpaired) electrons. The Morgan fingerprint density at radius 3 is 2.70 bits per heavy atom. The Kier molecular flexibility index (Phi) is 7.47. The molecule has 3 aromatic rings. The molecule has 10 heteroatoms. The molecule has 0 saturated carbocycles. The number of halogens is 1. The van der Waals surface area contributed by atoms with Crippen molar-refractivity contribution in [1.29, 1.82) is 0 Å². The van der Waals surface area contributed by atoms with Crippen LogP contribution in [0.15, 0.2) is 58.6 Å². The Hall–Kier alpha value is -2.85. The topological polar surface area (TPSA) is 88.9 Å². The van der Waals surface area contributed by atoms with Crippen LogP contribution in [0.5, 0.6) is 0 Å². The van der Waals surface area contributed by atoms with Gasteiger partial charge in [-0.3, -0.25) is 9.59 Å². The van der Waals surface area contributed by atoms with Gasteiger partial charge in [0.25, 0.3) is 5.91 Å². The standard InChI is InChI=1S/C20H20FN5O2S2/c1-26-17(11-22-19(28)15-8-3-4-9-16(15)21)24-25-20(26)30-12-18(27)23-13-6-5-7-14(10-13)29-2/h3-10H,11-12H2,1-2H3,(H,22,28)(H,23,27). The third-order valence-corrected chi connectivity index (χ3v) is 5.88. The van der Waals surface area contributed by atoms with Gasteiger partial charge in [-0.25, -0.2) is 4.39 Å². The van der Waals surface area contributed by atoms with Crippen molar-refractivity contribution in [3.63, 3.8) is 0 Å². The van der Waals surface area contributed by atoms with Gasteiger partial charge in [0.1, 0.15) is 5.82 Å². The molecule has 0 saturated heterocycles. The molecule has 7 nitrogen and oxygen atoms in total. The summed E-state index contributed by atoms with van der Waals surface area (Å²) in [7, 11) is 1.74. The zero-order valence-electron chi connectivity index (χ0n) is 16.4. The van der Waals surface area contributed by atoms with Gasteiger partial charge in [0.05, 0.1) is 17.9 Å². The summed E-state index contributed by atoms with van der Waals surface area (Å²) in [6.07, 6.45) is 1.97. The van der Waals surface area contributed by atoms with Gasteiger partial charge in [0.2, 0.25) is 5.91 Å². The van der Waals surface area contributed by atoms with E-state index in [-0.39, 0.29) is 23.8 Å². The fourth-order valence-electron chi connectivity index (χ4n) is 2.55. The summed E-state index contributed by atoms with van der Waals surface area (Å²) >= 11 is 2.84. The zero-order valence-corrected chi connectivity index (χ0v) is 18.0. The van der Waals surface area contributed by atoms with E-state index in [1.807, 2.05) is 30.5 Å². The van der Waals surface area contributed by atoms with Crippen molar-refractivity contribution in [3.8, 4) is 0 Å². The molecule has 2 aromatic carbocycles. The van der Waals surface area contributed by atoms with E-state index < -0.39 is 11.7 Å². The minimum atomic E-state index is -0.585. The second kappa shape index (κ2) is 10.3. The summed E-state index contributed by atoms with van der Waals surface area (Å²) < 4.78 is 15.4. The molecule has 0 unspecified atom stereocenters. The summed E-state index contributed by atoms with van der Waals surface area (Å²) in [6, 6.07) is 13.4. The van der Waals surface area contributed by atoms with Gasteiger partial charge in [-0.05, 0) is 36.6 Å². The maximum Gasteiger partial charge on any atom is 0.254 e. The summed E-state index contributed by atoms with van der Waals surface area (Å²) in [5.74, 6) is -0.613. The lowest BCUT2D eigenvalue weighted by atomic mass is 10.2. The Bertz CT molecular complexity index is 1060. The van der Waals surface area contributed by atoms with Crippen LogP contribution in [-0.2, 0) is 18.4 Å². The number of carbonyl (C=O) groups excluding carboxylic acids is 2. The highest BCUT2D eigenvalue weighted by atomic mass is 32.2. The molecule has 0 aliphatic carbocycles. The molecule has 156 valence electrons. The largest absolute Gasteiger partial charge is 0.345 e. The van der Waals surface area contributed by atoms with Crippen molar-refractivity contribution in [2.75, 3.05) is 17.3 Å². The fourth-order valence-corrected chi connectivity index (χ4v) is 3.74. The third-order valence-electron chi connectivity index (χ3n) is 4.14. The van der Waals surface area contributed by atoms with Crippen LogP contribution < -0.4 is 10.6 Å². The number of carbonyl (C=O) groups is 2. The van der Waals surface area contributed by atoms with Crippen LogP contribution in [0.1, 0.15) is 16.2 Å². The third kappa shape index (κ3) is 5.61. The maximum absolute atomic E-state index is 13.7. The van der Waals surface area contributed by atoms with E-state index in [1.165, 1.54) is 30.0 Å². The first kappa shape index (κ1) is 21.8. The Labute approximate surface area is 181 Å². The average Bonchev–Trinajstić information content (AvgIpc) is 3.10. The van der Waals surface area contributed by atoms with Crippen molar-refractivity contribution < 1.29 is 14.0 Å². The summed E-state index contributed by atoms with van der Waals surface area (Å²) in [5, 5.41) is 14.1. The van der Waals surface area contributed by atoms with Crippen LogP contribution in [0.3, 0.4) is 0 Å². The van der Waals surface area contributed by atoms with Crippen molar-refractivity contribution in [3.05, 3.63) is 65.7 Å². The van der Waals surface area contributed by atoms with Gasteiger partial charge in [0.15, 0.2) is 11.0 Å². The highest BCUT2D eigenvalue weighted by molar-refractivity contribution is 7.99. The minimum Gasteiger partial charge on any atom is -0.345 e. The van der Waals surface area contributed by atoms with Gasteiger partial charge in [-0.15, -0.1) is 22.0 Å². The fraction of sp³-hybridized carbons (Fsp3) is 0.200. The second-order valence-electron chi connectivity index (χ2n) is 6.19. The molecule has 3 rings (SSSR count). The Balaban J connectivity index is 1.53. The number of nitrogens with zero attached hydrogens (tertiary/aromatic N) is 3. The molecule has 2 amide bonds.